The van der Waals surface area contributed by atoms with E-state index in [0.717, 1.165) is 5.69 Å². The molecule has 0 saturated carbocycles. The first-order chi connectivity index (χ1) is 14.5. The van der Waals surface area contributed by atoms with Crippen molar-refractivity contribution in [1.29, 1.82) is 0 Å². The van der Waals surface area contributed by atoms with Crippen molar-refractivity contribution in [2.24, 2.45) is 0 Å². The summed E-state index contributed by atoms with van der Waals surface area (Å²) in [5.41, 5.74) is 1.35. The maximum absolute atomic E-state index is 13.9. The number of carbonyl (C=O) groups excluding carboxylic acids is 1. The molecular weight excluding hydrogens is 409 g/mol. The number of hydrogen-bond donors (Lipinski definition) is 1. The zero-order valence-electron chi connectivity index (χ0n) is 16.2. The molecule has 1 aliphatic rings. The van der Waals surface area contributed by atoms with Gasteiger partial charge in [-0.05, 0) is 30.3 Å². The van der Waals surface area contributed by atoms with Crippen molar-refractivity contribution in [2.45, 2.75) is 19.4 Å². The second-order valence-corrected chi connectivity index (χ2v) is 7.25. The van der Waals surface area contributed by atoms with Crippen molar-refractivity contribution in [3.05, 3.63) is 65.2 Å². The summed E-state index contributed by atoms with van der Waals surface area (Å²) in [6.07, 6.45) is 1.68. The lowest BCUT2D eigenvalue weighted by atomic mass is 10.1. The highest BCUT2D eigenvalue weighted by atomic mass is 35.5. The molecule has 1 fully saturated rings. The molecule has 0 spiro atoms. The third-order valence-electron chi connectivity index (χ3n) is 4.64. The van der Waals surface area contributed by atoms with Gasteiger partial charge in [-0.2, -0.15) is 4.98 Å². The summed E-state index contributed by atoms with van der Waals surface area (Å²) < 4.78 is 19.5. The van der Waals surface area contributed by atoms with Gasteiger partial charge in [0.1, 0.15) is 12.4 Å². The van der Waals surface area contributed by atoms with Crippen LogP contribution in [-0.4, -0.2) is 39.9 Å². The monoisotopic (exact) mass is 427 g/mol. The molecule has 30 heavy (non-hydrogen) atoms. The molecular formula is C21H19ClFN5O2. The molecule has 4 rings (SSSR count). The Balaban J connectivity index is 1.38. The van der Waals surface area contributed by atoms with Crippen LogP contribution in [-0.2, 0) is 0 Å². The third-order valence-corrected chi connectivity index (χ3v) is 4.87. The van der Waals surface area contributed by atoms with Crippen LogP contribution in [0.2, 0.25) is 5.02 Å². The molecule has 0 unspecified atom stereocenters. The lowest BCUT2D eigenvalue weighted by molar-refractivity contribution is 0.0988. The van der Waals surface area contributed by atoms with E-state index >= 15 is 0 Å². The van der Waals surface area contributed by atoms with E-state index in [1.165, 1.54) is 18.5 Å². The Morgan fingerprint density at radius 2 is 2.10 bits per heavy atom. The standard InChI is InChI=1S/C21H19ClFN5O2/c1-2-18(29)13-4-3-5-15(8-13)26-20-24-12-25-21(27-20)28-10-16(11-28)30-19-7-6-14(22)9-17(19)23/h3-9,12,16H,2,10-11H2,1H3,(H,24,25,26,27). The van der Waals surface area contributed by atoms with Gasteiger partial charge in [-0.3, -0.25) is 4.79 Å². The molecule has 2 heterocycles. The fraction of sp³-hybridized carbons (Fsp3) is 0.238. The van der Waals surface area contributed by atoms with Crippen LogP contribution in [0.3, 0.4) is 0 Å². The van der Waals surface area contributed by atoms with Crippen molar-refractivity contribution in [2.75, 3.05) is 23.3 Å². The van der Waals surface area contributed by atoms with Gasteiger partial charge in [0, 0.05) is 22.7 Å². The van der Waals surface area contributed by atoms with Crippen molar-refractivity contribution >= 4 is 35.0 Å². The largest absolute Gasteiger partial charge is 0.484 e. The summed E-state index contributed by atoms with van der Waals surface area (Å²) in [5.74, 6) is 0.609. The highest BCUT2D eigenvalue weighted by Gasteiger charge is 2.31. The summed E-state index contributed by atoms with van der Waals surface area (Å²) in [6, 6.07) is 11.5. The number of aromatic nitrogens is 3. The topological polar surface area (TPSA) is 80.2 Å². The lowest BCUT2D eigenvalue weighted by Gasteiger charge is -2.38. The van der Waals surface area contributed by atoms with E-state index < -0.39 is 5.82 Å². The fourth-order valence-corrected chi connectivity index (χ4v) is 3.19. The normalized spacial score (nSPS) is 13.6. The van der Waals surface area contributed by atoms with E-state index in [9.17, 15) is 9.18 Å². The number of rotatable bonds is 7. The zero-order chi connectivity index (χ0) is 21.1. The van der Waals surface area contributed by atoms with Crippen LogP contribution in [0.25, 0.3) is 0 Å². The second-order valence-electron chi connectivity index (χ2n) is 6.81. The fourth-order valence-electron chi connectivity index (χ4n) is 3.03. The summed E-state index contributed by atoms with van der Waals surface area (Å²) in [5, 5.41) is 3.42. The molecule has 1 aliphatic heterocycles. The summed E-state index contributed by atoms with van der Waals surface area (Å²) >= 11 is 5.76. The van der Waals surface area contributed by atoms with Gasteiger partial charge in [0.05, 0.1) is 13.1 Å². The highest BCUT2D eigenvalue weighted by molar-refractivity contribution is 6.30. The SMILES string of the molecule is CCC(=O)c1cccc(Nc2ncnc(N3CC(Oc4ccc(Cl)cc4F)C3)n2)c1. The Kier molecular flexibility index (Phi) is 5.76. The van der Waals surface area contributed by atoms with Crippen LogP contribution in [0.1, 0.15) is 23.7 Å². The molecule has 3 aromatic rings. The second kappa shape index (κ2) is 8.62. The van der Waals surface area contributed by atoms with Crippen molar-refractivity contribution in [1.82, 2.24) is 15.0 Å². The zero-order valence-corrected chi connectivity index (χ0v) is 16.9. The van der Waals surface area contributed by atoms with Crippen LogP contribution in [0.5, 0.6) is 5.75 Å². The predicted molar refractivity (Wildman–Crippen MR) is 112 cm³/mol. The Morgan fingerprint density at radius 3 is 2.87 bits per heavy atom. The van der Waals surface area contributed by atoms with E-state index in [1.54, 1.807) is 24.3 Å². The van der Waals surface area contributed by atoms with E-state index in [2.05, 4.69) is 20.3 Å². The number of halogens is 2. The molecule has 0 amide bonds. The van der Waals surface area contributed by atoms with Gasteiger partial charge in [-0.15, -0.1) is 0 Å². The summed E-state index contributed by atoms with van der Waals surface area (Å²) in [6.45, 7) is 2.87. The van der Waals surface area contributed by atoms with Crippen LogP contribution >= 0.6 is 11.6 Å². The molecule has 0 aliphatic carbocycles. The van der Waals surface area contributed by atoms with Crippen LogP contribution < -0.4 is 15.0 Å². The van der Waals surface area contributed by atoms with Crippen LogP contribution in [0, 0.1) is 5.82 Å². The average molecular weight is 428 g/mol. The number of hydrogen-bond acceptors (Lipinski definition) is 7. The smallest absolute Gasteiger partial charge is 0.231 e. The van der Waals surface area contributed by atoms with Crippen LogP contribution in [0.4, 0.5) is 22.0 Å². The molecule has 1 saturated heterocycles. The molecule has 154 valence electrons. The first-order valence-corrected chi connectivity index (χ1v) is 9.85. The average Bonchev–Trinajstić information content (AvgIpc) is 2.71. The maximum atomic E-state index is 13.9. The van der Waals surface area contributed by atoms with Gasteiger partial charge < -0.3 is 15.0 Å². The molecule has 9 heteroatoms. The molecule has 1 aromatic heterocycles. The highest BCUT2D eigenvalue weighted by Crippen LogP contribution is 2.26. The minimum Gasteiger partial charge on any atom is -0.484 e. The van der Waals surface area contributed by atoms with E-state index in [1.807, 2.05) is 17.9 Å². The maximum Gasteiger partial charge on any atom is 0.231 e. The van der Waals surface area contributed by atoms with Crippen molar-refractivity contribution < 1.29 is 13.9 Å². The van der Waals surface area contributed by atoms with Gasteiger partial charge in [0.25, 0.3) is 0 Å². The van der Waals surface area contributed by atoms with Gasteiger partial charge in [-0.1, -0.05) is 30.7 Å². The number of carbonyl (C=O) groups is 1. The number of nitrogens with zero attached hydrogens (tertiary/aromatic N) is 4. The minimum atomic E-state index is -0.489. The van der Waals surface area contributed by atoms with Crippen LogP contribution in [0.15, 0.2) is 48.8 Å². The van der Waals surface area contributed by atoms with E-state index in [0.29, 0.717) is 42.0 Å². The first kappa shape index (κ1) is 20.0. The van der Waals surface area contributed by atoms with E-state index in [4.69, 9.17) is 16.3 Å². The number of ether oxygens (including phenoxy) is 1. The number of Topliss-reactive ketones (excluding diaryl/α,β-unsaturated/α-hetero) is 1. The molecule has 7 nitrogen and oxygen atoms in total. The Morgan fingerprint density at radius 1 is 1.27 bits per heavy atom. The minimum absolute atomic E-state index is 0.0683. The predicted octanol–water partition coefficient (Wildman–Crippen LogP) is 4.27. The molecule has 0 atom stereocenters. The Bertz CT molecular complexity index is 1070. The van der Waals surface area contributed by atoms with E-state index in [-0.39, 0.29) is 17.6 Å². The van der Waals surface area contributed by atoms with Crippen molar-refractivity contribution in [3.63, 3.8) is 0 Å². The summed E-state index contributed by atoms with van der Waals surface area (Å²) in [7, 11) is 0. The van der Waals surface area contributed by atoms with Gasteiger partial charge >= 0.3 is 0 Å². The lowest BCUT2D eigenvalue weighted by Crippen LogP contribution is -2.54. The number of nitrogens with one attached hydrogen (secondary N) is 1. The van der Waals surface area contributed by atoms with Crippen molar-refractivity contribution in [3.8, 4) is 5.75 Å². The number of ketones is 1. The molecule has 2 aromatic carbocycles. The van der Waals surface area contributed by atoms with Gasteiger partial charge in [0.2, 0.25) is 11.9 Å². The third kappa shape index (κ3) is 4.49. The molecule has 1 N–H and O–H groups in total. The van der Waals surface area contributed by atoms with Gasteiger partial charge in [-0.25, -0.2) is 14.4 Å². The Labute approximate surface area is 177 Å². The Hall–Kier alpha value is -3.26. The quantitative estimate of drug-likeness (QED) is 0.564. The summed E-state index contributed by atoms with van der Waals surface area (Å²) in [4.78, 5) is 26.5. The first-order valence-electron chi connectivity index (χ1n) is 9.48. The molecule has 0 bridgehead atoms. The molecule has 0 radical (unpaired) electrons. The number of anilines is 3. The number of benzene rings is 2. The van der Waals surface area contributed by atoms with Gasteiger partial charge in [0.15, 0.2) is 17.3 Å².